The number of rotatable bonds is 5. The monoisotopic (exact) mass is 384 g/mol. The second-order valence-electron chi connectivity index (χ2n) is 6.04. The van der Waals surface area contributed by atoms with Crippen molar-refractivity contribution in [1.29, 1.82) is 0 Å². The fourth-order valence-electron chi connectivity index (χ4n) is 3.06. The predicted molar refractivity (Wildman–Crippen MR) is 109 cm³/mol. The van der Waals surface area contributed by atoms with E-state index in [-0.39, 0.29) is 11.2 Å². The van der Waals surface area contributed by atoms with E-state index >= 15 is 0 Å². The molecule has 1 aliphatic rings. The summed E-state index contributed by atoms with van der Waals surface area (Å²) in [5, 5.41) is 1.61. The molecule has 0 spiro atoms. The Hall–Kier alpha value is -2.90. The largest absolute Gasteiger partial charge is 0.312 e. The molecule has 140 valence electrons. The van der Waals surface area contributed by atoms with Crippen LogP contribution in [0.4, 0.5) is 22.9 Å². The summed E-state index contributed by atoms with van der Waals surface area (Å²) < 4.78 is 0. The van der Waals surface area contributed by atoms with E-state index in [1.165, 1.54) is 5.01 Å². The van der Waals surface area contributed by atoms with Crippen molar-refractivity contribution in [3.8, 4) is 0 Å². The van der Waals surface area contributed by atoms with E-state index in [4.69, 9.17) is 17.4 Å². The molecule has 8 heteroatoms. The highest BCUT2D eigenvalue weighted by Crippen LogP contribution is 2.40. The number of aromatic nitrogens is 2. The number of allylic oxidation sites excluding steroid dienone is 2. The van der Waals surface area contributed by atoms with Crippen molar-refractivity contribution in [2.24, 2.45) is 5.84 Å². The molecule has 2 aromatic rings. The van der Waals surface area contributed by atoms with Gasteiger partial charge < -0.3 is 9.80 Å². The van der Waals surface area contributed by atoms with Crippen molar-refractivity contribution in [2.75, 3.05) is 21.9 Å². The second-order valence-corrected chi connectivity index (χ2v) is 6.38. The Morgan fingerprint density at radius 1 is 1.44 bits per heavy atom. The maximum atomic E-state index is 12.9. The molecule has 0 saturated carbocycles. The molecular formula is C19H21ClN6O. The minimum atomic E-state index is -0.404. The number of hydrogen-bond acceptors (Lipinski definition) is 6. The van der Waals surface area contributed by atoms with E-state index in [0.717, 1.165) is 11.4 Å². The number of fused-ring (bicyclic) bond motifs is 1. The molecule has 0 radical (unpaired) electrons. The first-order valence-corrected chi connectivity index (χ1v) is 8.88. The number of likely N-dealkylation sites (N-methyl/N-ethyl adjacent to an activating group) is 1. The van der Waals surface area contributed by atoms with Gasteiger partial charge in [0.25, 0.3) is 0 Å². The van der Waals surface area contributed by atoms with Crippen molar-refractivity contribution >= 4 is 40.4 Å². The number of nitrogens with zero attached hydrogens (tertiary/aromatic N) is 5. The quantitative estimate of drug-likeness (QED) is 0.368. The summed E-state index contributed by atoms with van der Waals surface area (Å²) in [5.41, 5.74) is 2.16. The number of amides is 1. The summed E-state index contributed by atoms with van der Waals surface area (Å²) >= 11 is 6.04. The third-order valence-corrected chi connectivity index (χ3v) is 4.60. The average molecular weight is 385 g/mol. The zero-order chi connectivity index (χ0) is 19.6. The minimum Gasteiger partial charge on any atom is -0.312 e. The van der Waals surface area contributed by atoms with Crippen LogP contribution in [0.2, 0.25) is 5.28 Å². The number of nitrogens with two attached hydrogens (primary N) is 1. The maximum absolute atomic E-state index is 12.9. The fourth-order valence-corrected chi connectivity index (χ4v) is 3.19. The van der Waals surface area contributed by atoms with Gasteiger partial charge in [0.1, 0.15) is 11.7 Å². The first-order chi connectivity index (χ1) is 13.0. The highest BCUT2D eigenvalue weighted by atomic mass is 35.5. The number of hydrogen-bond donors (Lipinski definition) is 1. The zero-order valence-electron chi connectivity index (χ0n) is 15.2. The number of benzene rings is 1. The molecule has 0 saturated heterocycles. The molecule has 27 heavy (non-hydrogen) atoms. The van der Waals surface area contributed by atoms with Gasteiger partial charge in [-0.1, -0.05) is 25.6 Å². The zero-order valence-corrected chi connectivity index (χ0v) is 16.0. The van der Waals surface area contributed by atoms with Gasteiger partial charge in [0.15, 0.2) is 5.82 Å². The van der Waals surface area contributed by atoms with Gasteiger partial charge in [-0.05, 0) is 42.3 Å². The SMILES string of the molecule is C=C/C=C\N(N)c1cccc(N2c3nc(Cl)ncc3N(C)C(=O)C2CC)c1. The van der Waals surface area contributed by atoms with Crippen molar-refractivity contribution in [3.63, 3.8) is 0 Å². The van der Waals surface area contributed by atoms with Gasteiger partial charge in [-0.15, -0.1) is 0 Å². The maximum Gasteiger partial charge on any atom is 0.250 e. The van der Waals surface area contributed by atoms with Crippen LogP contribution < -0.4 is 20.7 Å². The van der Waals surface area contributed by atoms with Crippen LogP contribution in [0.25, 0.3) is 0 Å². The van der Waals surface area contributed by atoms with Gasteiger partial charge in [0.05, 0.1) is 11.9 Å². The first-order valence-electron chi connectivity index (χ1n) is 8.50. The minimum absolute atomic E-state index is 0.0301. The number of anilines is 4. The van der Waals surface area contributed by atoms with Crippen LogP contribution in [0.15, 0.2) is 55.4 Å². The Morgan fingerprint density at radius 3 is 2.93 bits per heavy atom. The lowest BCUT2D eigenvalue weighted by Crippen LogP contribution is -2.50. The highest BCUT2D eigenvalue weighted by molar-refractivity contribution is 6.28. The Kier molecular flexibility index (Phi) is 5.43. The molecule has 0 bridgehead atoms. The molecule has 1 amide bonds. The summed E-state index contributed by atoms with van der Waals surface area (Å²) in [6.45, 7) is 5.60. The molecule has 1 aromatic carbocycles. The fraction of sp³-hybridized carbons (Fsp3) is 0.211. The molecule has 0 fully saturated rings. The van der Waals surface area contributed by atoms with Gasteiger partial charge in [-0.25, -0.2) is 10.8 Å². The van der Waals surface area contributed by atoms with E-state index in [9.17, 15) is 4.79 Å². The Balaban J connectivity index is 2.13. The first kappa shape index (κ1) is 18.9. The molecule has 0 aliphatic carbocycles. The lowest BCUT2D eigenvalue weighted by molar-refractivity contribution is -0.119. The van der Waals surface area contributed by atoms with Crippen LogP contribution in [0.3, 0.4) is 0 Å². The summed E-state index contributed by atoms with van der Waals surface area (Å²) in [7, 11) is 1.72. The van der Waals surface area contributed by atoms with Gasteiger partial charge in [0, 0.05) is 18.9 Å². The average Bonchev–Trinajstić information content (AvgIpc) is 2.68. The van der Waals surface area contributed by atoms with Gasteiger partial charge >= 0.3 is 0 Å². The molecule has 1 aromatic heterocycles. The van der Waals surface area contributed by atoms with Gasteiger partial charge in [-0.3, -0.25) is 9.80 Å². The standard InChI is InChI=1S/C19H21ClN6O/c1-4-6-10-25(21)13-8-7-9-14(11-13)26-15(5-2)18(27)24(3)16-12-22-19(20)23-17(16)26/h4,6-12,15H,1,5,21H2,2-3H3/b10-6-. The van der Waals surface area contributed by atoms with Crippen LogP contribution in [0, 0.1) is 0 Å². The molecule has 3 rings (SSSR count). The van der Waals surface area contributed by atoms with Crippen LogP contribution in [0.1, 0.15) is 13.3 Å². The van der Waals surface area contributed by atoms with Gasteiger partial charge in [0.2, 0.25) is 11.2 Å². The summed E-state index contributed by atoms with van der Waals surface area (Å²) in [6.07, 6.45) is 7.25. The van der Waals surface area contributed by atoms with E-state index in [1.54, 1.807) is 36.5 Å². The lowest BCUT2D eigenvalue weighted by atomic mass is 10.1. The van der Waals surface area contributed by atoms with Crippen molar-refractivity contribution in [2.45, 2.75) is 19.4 Å². The molecule has 7 nitrogen and oxygen atoms in total. The van der Waals surface area contributed by atoms with E-state index in [1.807, 2.05) is 36.1 Å². The van der Waals surface area contributed by atoms with Crippen molar-refractivity contribution in [1.82, 2.24) is 9.97 Å². The van der Waals surface area contributed by atoms with Crippen molar-refractivity contribution in [3.05, 3.63) is 60.7 Å². The number of hydrazine groups is 1. The second kappa shape index (κ2) is 7.77. The normalized spacial score (nSPS) is 16.6. The molecule has 1 aliphatic heterocycles. The number of carbonyl (C=O) groups excluding carboxylic acids is 1. The topological polar surface area (TPSA) is 78.6 Å². The van der Waals surface area contributed by atoms with Crippen LogP contribution in [-0.4, -0.2) is 29.0 Å². The Morgan fingerprint density at radius 2 is 2.22 bits per heavy atom. The number of carbonyl (C=O) groups is 1. The van der Waals surface area contributed by atoms with Crippen LogP contribution >= 0.6 is 11.6 Å². The molecule has 2 heterocycles. The smallest absolute Gasteiger partial charge is 0.250 e. The van der Waals surface area contributed by atoms with E-state index < -0.39 is 6.04 Å². The summed E-state index contributed by atoms with van der Waals surface area (Å²) in [5.74, 6) is 6.63. The summed E-state index contributed by atoms with van der Waals surface area (Å²) in [6, 6.07) is 7.16. The third-order valence-electron chi connectivity index (χ3n) is 4.41. The number of halogens is 1. The van der Waals surface area contributed by atoms with Gasteiger partial charge in [-0.2, -0.15) is 4.98 Å². The lowest BCUT2D eigenvalue weighted by Gasteiger charge is -2.40. The van der Waals surface area contributed by atoms with Crippen molar-refractivity contribution < 1.29 is 4.79 Å². The molecule has 2 N–H and O–H groups in total. The molecule has 1 unspecified atom stereocenters. The predicted octanol–water partition coefficient (Wildman–Crippen LogP) is 3.40. The van der Waals surface area contributed by atoms with Crippen LogP contribution in [0.5, 0.6) is 0 Å². The Labute approximate surface area is 163 Å². The third kappa shape index (κ3) is 3.51. The molecule has 1 atom stereocenters. The highest BCUT2D eigenvalue weighted by Gasteiger charge is 2.38. The van der Waals surface area contributed by atoms with E-state index in [0.29, 0.717) is 17.9 Å². The Bertz CT molecular complexity index is 900. The summed E-state index contributed by atoms with van der Waals surface area (Å²) in [4.78, 5) is 24.8. The molecular weight excluding hydrogens is 364 g/mol. The van der Waals surface area contributed by atoms with E-state index in [2.05, 4.69) is 16.5 Å². The van der Waals surface area contributed by atoms with Crippen LogP contribution in [-0.2, 0) is 4.79 Å².